The maximum absolute atomic E-state index is 10.6. The predicted molar refractivity (Wildman–Crippen MR) is 89.4 cm³/mol. The quantitative estimate of drug-likeness (QED) is 0.881. The molecule has 2 saturated heterocycles. The molecular formula is C18H28N2O3. The first-order valence-corrected chi connectivity index (χ1v) is 8.64. The number of ether oxygens (including phenoxy) is 2. The minimum Gasteiger partial charge on any atom is -0.392 e. The lowest BCUT2D eigenvalue weighted by atomic mass is 9.92. The van der Waals surface area contributed by atoms with Gasteiger partial charge in [0.25, 0.3) is 0 Å². The molecule has 2 heterocycles. The molecule has 0 saturated carbocycles. The summed E-state index contributed by atoms with van der Waals surface area (Å²) in [5.41, 5.74) is 1.27. The molecule has 2 aliphatic heterocycles. The normalized spacial score (nSPS) is 25.0. The third kappa shape index (κ3) is 4.11. The van der Waals surface area contributed by atoms with Gasteiger partial charge in [0, 0.05) is 26.2 Å². The summed E-state index contributed by atoms with van der Waals surface area (Å²) in [6.07, 6.45) is -0.402. The van der Waals surface area contributed by atoms with E-state index in [1.54, 1.807) is 0 Å². The second-order valence-corrected chi connectivity index (χ2v) is 6.38. The molecule has 5 nitrogen and oxygen atoms in total. The number of aliphatic hydroxyl groups excluding tert-OH is 1. The number of rotatable bonds is 5. The van der Waals surface area contributed by atoms with Gasteiger partial charge in [0.15, 0.2) is 0 Å². The average molecular weight is 320 g/mol. The van der Waals surface area contributed by atoms with Crippen LogP contribution in [-0.2, 0) is 9.47 Å². The Morgan fingerprint density at radius 3 is 1.91 bits per heavy atom. The molecule has 0 bridgehead atoms. The minimum absolute atomic E-state index is 0.0689. The van der Waals surface area contributed by atoms with Gasteiger partial charge in [0.05, 0.1) is 44.6 Å². The van der Waals surface area contributed by atoms with Crippen molar-refractivity contribution in [3.63, 3.8) is 0 Å². The molecule has 2 fully saturated rings. The molecule has 1 N–H and O–H groups in total. The molecule has 3 atom stereocenters. The van der Waals surface area contributed by atoms with Crippen LogP contribution in [0.5, 0.6) is 0 Å². The van der Waals surface area contributed by atoms with Crippen molar-refractivity contribution in [2.24, 2.45) is 0 Å². The Morgan fingerprint density at radius 2 is 1.39 bits per heavy atom. The van der Waals surface area contributed by atoms with E-state index in [0.717, 1.165) is 52.6 Å². The van der Waals surface area contributed by atoms with Crippen LogP contribution in [0, 0.1) is 0 Å². The van der Waals surface area contributed by atoms with Gasteiger partial charge >= 0.3 is 0 Å². The van der Waals surface area contributed by atoms with E-state index in [0.29, 0.717) is 0 Å². The first kappa shape index (κ1) is 16.9. The van der Waals surface area contributed by atoms with Crippen molar-refractivity contribution in [3.8, 4) is 0 Å². The zero-order valence-electron chi connectivity index (χ0n) is 13.9. The summed E-state index contributed by atoms with van der Waals surface area (Å²) >= 11 is 0. The summed E-state index contributed by atoms with van der Waals surface area (Å²) in [6, 6.07) is 10.8. The lowest BCUT2D eigenvalue weighted by molar-refractivity contribution is -0.0675. The summed E-state index contributed by atoms with van der Waals surface area (Å²) in [5, 5.41) is 10.6. The first-order chi connectivity index (χ1) is 11.3. The van der Waals surface area contributed by atoms with E-state index in [9.17, 15) is 5.11 Å². The molecule has 0 unspecified atom stereocenters. The predicted octanol–water partition coefficient (Wildman–Crippen LogP) is 1.14. The van der Waals surface area contributed by atoms with Crippen molar-refractivity contribution >= 4 is 0 Å². The zero-order chi connectivity index (χ0) is 16.1. The van der Waals surface area contributed by atoms with Crippen molar-refractivity contribution in [1.29, 1.82) is 0 Å². The van der Waals surface area contributed by atoms with E-state index in [1.165, 1.54) is 5.56 Å². The number of nitrogens with zero attached hydrogens (tertiary/aromatic N) is 2. The standard InChI is InChI=1S/C18H28N2O3/c1-15(21)17(19-7-11-22-12-8-19)18(16-5-3-2-4-6-16)20-9-13-23-14-10-20/h2-6,15,17-18,21H,7-14H2,1H3/t15-,17-,18+/m0/s1. The maximum atomic E-state index is 10.6. The second kappa shape index (κ2) is 8.22. The summed E-state index contributed by atoms with van der Waals surface area (Å²) < 4.78 is 11.0. The maximum Gasteiger partial charge on any atom is 0.0685 e. The van der Waals surface area contributed by atoms with Gasteiger partial charge in [0.2, 0.25) is 0 Å². The van der Waals surface area contributed by atoms with Crippen molar-refractivity contribution in [2.45, 2.75) is 25.1 Å². The van der Waals surface area contributed by atoms with Crippen LogP contribution in [0.4, 0.5) is 0 Å². The van der Waals surface area contributed by atoms with Crippen LogP contribution < -0.4 is 0 Å². The minimum atomic E-state index is -0.402. The number of hydrogen-bond acceptors (Lipinski definition) is 5. The number of morpholine rings is 2. The van der Waals surface area contributed by atoms with Gasteiger partial charge in [-0.2, -0.15) is 0 Å². The van der Waals surface area contributed by atoms with E-state index < -0.39 is 6.10 Å². The number of benzene rings is 1. The highest BCUT2D eigenvalue weighted by molar-refractivity contribution is 5.22. The van der Waals surface area contributed by atoms with Gasteiger partial charge in [-0.15, -0.1) is 0 Å². The molecule has 3 rings (SSSR count). The lowest BCUT2D eigenvalue weighted by Crippen LogP contribution is -2.56. The molecule has 0 aliphatic carbocycles. The fourth-order valence-electron chi connectivity index (χ4n) is 3.77. The average Bonchev–Trinajstić information content (AvgIpc) is 2.61. The van der Waals surface area contributed by atoms with Gasteiger partial charge in [-0.25, -0.2) is 0 Å². The van der Waals surface area contributed by atoms with Crippen molar-refractivity contribution in [3.05, 3.63) is 35.9 Å². The Labute approximate surface area is 138 Å². The number of aliphatic hydroxyl groups is 1. The Bertz CT molecular complexity index is 457. The van der Waals surface area contributed by atoms with E-state index in [-0.39, 0.29) is 12.1 Å². The topological polar surface area (TPSA) is 45.2 Å². The Kier molecular flexibility index (Phi) is 6.02. The molecule has 23 heavy (non-hydrogen) atoms. The van der Waals surface area contributed by atoms with Gasteiger partial charge in [0.1, 0.15) is 0 Å². The molecule has 0 amide bonds. The van der Waals surface area contributed by atoms with Crippen LogP contribution in [0.15, 0.2) is 30.3 Å². The second-order valence-electron chi connectivity index (χ2n) is 6.38. The number of hydrogen-bond donors (Lipinski definition) is 1. The lowest BCUT2D eigenvalue weighted by Gasteiger charge is -2.46. The smallest absolute Gasteiger partial charge is 0.0685 e. The fourth-order valence-corrected chi connectivity index (χ4v) is 3.77. The molecule has 1 aromatic carbocycles. The molecule has 2 aliphatic rings. The van der Waals surface area contributed by atoms with E-state index in [1.807, 2.05) is 13.0 Å². The molecule has 0 aromatic heterocycles. The largest absolute Gasteiger partial charge is 0.392 e. The fraction of sp³-hybridized carbons (Fsp3) is 0.667. The monoisotopic (exact) mass is 320 g/mol. The van der Waals surface area contributed by atoms with Gasteiger partial charge in [-0.1, -0.05) is 30.3 Å². The van der Waals surface area contributed by atoms with E-state index >= 15 is 0 Å². The zero-order valence-corrected chi connectivity index (χ0v) is 13.9. The van der Waals surface area contributed by atoms with Crippen LogP contribution >= 0.6 is 0 Å². The van der Waals surface area contributed by atoms with Crippen LogP contribution in [0.25, 0.3) is 0 Å². The van der Waals surface area contributed by atoms with Crippen molar-refractivity contribution in [2.75, 3.05) is 52.6 Å². The molecule has 0 spiro atoms. The summed E-state index contributed by atoms with van der Waals surface area (Å²) in [7, 11) is 0. The highest BCUT2D eigenvalue weighted by Gasteiger charge is 2.37. The summed E-state index contributed by atoms with van der Waals surface area (Å²) in [4.78, 5) is 4.85. The van der Waals surface area contributed by atoms with E-state index in [4.69, 9.17) is 9.47 Å². The van der Waals surface area contributed by atoms with Gasteiger partial charge < -0.3 is 14.6 Å². The molecule has 0 radical (unpaired) electrons. The summed E-state index contributed by atoms with van der Waals surface area (Å²) in [5.74, 6) is 0. The van der Waals surface area contributed by atoms with Crippen molar-refractivity contribution in [1.82, 2.24) is 9.80 Å². The Hall–Kier alpha value is -0.980. The third-order valence-electron chi connectivity index (χ3n) is 4.87. The van der Waals surface area contributed by atoms with Crippen molar-refractivity contribution < 1.29 is 14.6 Å². The Morgan fingerprint density at radius 1 is 0.870 bits per heavy atom. The molecule has 128 valence electrons. The highest BCUT2D eigenvalue weighted by Crippen LogP contribution is 2.31. The molecular weight excluding hydrogens is 292 g/mol. The van der Waals surface area contributed by atoms with E-state index in [2.05, 4.69) is 34.1 Å². The van der Waals surface area contributed by atoms with Crippen LogP contribution in [-0.4, -0.2) is 79.7 Å². The van der Waals surface area contributed by atoms with Crippen LogP contribution in [0.3, 0.4) is 0 Å². The highest BCUT2D eigenvalue weighted by atomic mass is 16.5. The summed E-state index contributed by atoms with van der Waals surface area (Å²) in [6.45, 7) is 8.50. The molecule has 5 heteroatoms. The van der Waals surface area contributed by atoms with Crippen LogP contribution in [0.1, 0.15) is 18.5 Å². The third-order valence-corrected chi connectivity index (χ3v) is 4.87. The van der Waals surface area contributed by atoms with Gasteiger partial charge in [-0.05, 0) is 12.5 Å². The molecule has 1 aromatic rings. The Balaban J connectivity index is 1.90. The SMILES string of the molecule is C[C@H](O)[C@@H]([C@@H](c1ccccc1)N1CCOCC1)N1CCOCC1. The van der Waals surface area contributed by atoms with Crippen LogP contribution in [0.2, 0.25) is 0 Å². The first-order valence-electron chi connectivity index (χ1n) is 8.64. The van der Waals surface area contributed by atoms with Gasteiger partial charge in [-0.3, -0.25) is 9.80 Å².